The van der Waals surface area contributed by atoms with Crippen LogP contribution in [0.1, 0.15) is 40.9 Å². The van der Waals surface area contributed by atoms with Crippen LogP contribution in [-0.4, -0.2) is 12.3 Å². The molecule has 0 bridgehead atoms. The van der Waals surface area contributed by atoms with E-state index in [0.29, 0.717) is 6.42 Å². The van der Waals surface area contributed by atoms with Gasteiger partial charge in [0, 0.05) is 18.0 Å². The zero-order valence-corrected chi connectivity index (χ0v) is 12.1. The number of hydrogen-bond donors (Lipinski definition) is 1. The number of aryl methyl sites for hydroxylation is 1. The van der Waals surface area contributed by atoms with Crippen molar-refractivity contribution in [3.63, 3.8) is 0 Å². The minimum Gasteiger partial charge on any atom is -0.310 e. The molecule has 0 aromatic heterocycles. The van der Waals surface area contributed by atoms with Crippen LogP contribution in [-0.2, 0) is 0 Å². The van der Waals surface area contributed by atoms with Crippen molar-refractivity contribution >= 4 is 5.78 Å². The van der Waals surface area contributed by atoms with Gasteiger partial charge in [-0.1, -0.05) is 67.1 Å². The van der Waals surface area contributed by atoms with Crippen LogP contribution in [0.15, 0.2) is 54.6 Å². The highest BCUT2D eigenvalue weighted by Crippen LogP contribution is 2.20. The van der Waals surface area contributed by atoms with E-state index in [4.69, 9.17) is 0 Å². The number of carbonyl (C=O) groups is 1. The van der Waals surface area contributed by atoms with Crippen LogP contribution in [0.3, 0.4) is 0 Å². The van der Waals surface area contributed by atoms with Gasteiger partial charge in [0.2, 0.25) is 0 Å². The summed E-state index contributed by atoms with van der Waals surface area (Å²) in [7, 11) is 0. The van der Waals surface area contributed by atoms with Gasteiger partial charge in [-0.25, -0.2) is 0 Å². The van der Waals surface area contributed by atoms with E-state index in [9.17, 15) is 4.79 Å². The maximum absolute atomic E-state index is 12.3. The molecule has 0 aliphatic heterocycles. The Morgan fingerprint density at radius 3 is 2.30 bits per heavy atom. The average molecular weight is 267 g/mol. The Balaban J connectivity index is 2.13. The summed E-state index contributed by atoms with van der Waals surface area (Å²) in [5.41, 5.74) is 3.18. The van der Waals surface area contributed by atoms with E-state index >= 15 is 0 Å². The number of nitrogens with one attached hydrogen (secondary N) is 1. The van der Waals surface area contributed by atoms with Gasteiger partial charge in [-0.15, -0.1) is 0 Å². The van der Waals surface area contributed by atoms with E-state index in [0.717, 1.165) is 12.1 Å². The first-order chi connectivity index (χ1) is 9.70. The van der Waals surface area contributed by atoms with Gasteiger partial charge in [0.15, 0.2) is 5.78 Å². The maximum atomic E-state index is 12.3. The lowest BCUT2D eigenvalue weighted by Crippen LogP contribution is -2.23. The number of ketones is 1. The molecular formula is C18H21NO. The number of benzene rings is 2. The van der Waals surface area contributed by atoms with Crippen LogP contribution >= 0.6 is 0 Å². The molecule has 1 unspecified atom stereocenters. The third-order valence-corrected chi connectivity index (χ3v) is 3.42. The number of carbonyl (C=O) groups excluding carboxylic acids is 1. The summed E-state index contributed by atoms with van der Waals surface area (Å²) < 4.78 is 0. The van der Waals surface area contributed by atoms with Crippen molar-refractivity contribution in [2.24, 2.45) is 0 Å². The third-order valence-electron chi connectivity index (χ3n) is 3.42. The normalized spacial score (nSPS) is 12.1. The molecular weight excluding hydrogens is 246 g/mol. The van der Waals surface area contributed by atoms with Crippen molar-refractivity contribution in [3.8, 4) is 0 Å². The van der Waals surface area contributed by atoms with E-state index in [1.807, 2.05) is 30.3 Å². The molecule has 0 saturated carbocycles. The molecule has 20 heavy (non-hydrogen) atoms. The summed E-state index contributed by atoms with van der Waals surface area (Å²) in [5, 5.41) is 3.40. The van der Waals surface area contributed by atoms with Crippen LogP contribution in [0.25, 0.3) is 0 Å². The van der Waals surface area contributed by atoms with Crippen molar-refractivity contribution in [2.75, 3.05) is 6.54 Å². The quantitative estimate of drug-likeness (QED) is 0.804. The Kier molecular flexibility index (Phi) is 5.08. The molecule has 1 N–H and O–H groups in total. The summed E-state index contributed by atoms with van der Waals surface area (Å²) in [6.45, 7) is 4.98. The van der Waals surface area contributed by atoms with Gasteiger partial charge in [-0.2, -0.15) is 0 Å². The standard InChI is InChI=1S/C18H21NO/c1-3-19-17(15-11-9-14(2)10-12-15)13-18(20)16-7-5-4-6-8-16/h4-12,17,19H,3,13H2,1-2H3. The van der Waals surface area contributed by atoms with Gasteiger partial charge < -0.3 is 5.32 Å². The molecule has 0 aliphatic rings. The first-order valence-corrected chi connectivity index (χ1v) is 7.09. The van der Waals surface area contributed by atoms with Crippen LogP contribution in [0.5, 0.6) is 0 Å². The number of rotatable bonds is 6. The molecule has 0 radical (unpaired) electrons. The summed E-state index contributed by atoms with van der Waals surface area (Å²) >= 11 is 0. The Hall–Kier alpha value is -1.93. The predicted molar refractivity (Wildman–Crippen MR) is 83.0 cm³/mol. The molecule has 0 aliphatic carbocycles. The molecule has 2 nitrogen and oxygen atoms in total. The summed E-state index contributed by atoms with van der Waals surface area (Å²) in [6.07, 6.45) is 0.487. The fraction of sp³-hybridized carbons (Fsp3) is 0.278. The molecule has 1 atom stereocenters. The van der Waals surface area contributed by atoms with Crippen LogP contribution in [0.2, 0.25) is 0 Å². The molecule has 0 amide bonds. The van der Waals surface area contributed by atoms with Crippen molar-refractivity contribution in [2.45, 2.75) is 26.3 Å². The Labute approximate surface area is 120 Å². The largest absolute Gasteiger partial charge is 0.310 e. The van der Waals surface area contributed by atoms with Crippen LogP contribution in [0.4, 0.5) is 0 Å². The molecule has 2 aromatic carbocycles. The fourth-order valence-electron chi connectivity index (χ4n) is 2.28. The number of Topliss-reactive ketones (excluding diaryl/α,β-unsaturated/α-hetero) is 1. The lowest BCUT2D eigenvalue weighted by Gasteiger charge is -2.18. The van der Waals surface area contributed by atoms with Crippen molar-refractivity contribution in [1.82, 2.24) is 5.32 Å². The van der Waals surface area contributed by atoms with Crippen molar-refractivity contribution in [3.05, 3.63) is 71.3 Å². The maximum Gasteiger partial charge on any atom is 0.164 e. The molecule has 104 valence electrons. The molecule has 0 spiro atoms. The zero-order valence-electron chi connectivity index (χ0n) is 12.1. The van der Waals surface area contributed by atoms with Gasteiger partial charge in [0.25, 0.3) is 0 Å². The molecule has 0 saturated heterocycles. The van der Waals surface area contributed by atoms with E-state index < -0.39 is 0 Å². The second kappa shape index (κ2) is 7.01. The lowest BCUT2D eigenvalue weighted by molar-refractivity contribution is 0.0969. The minimum atomic E-state index is 0.0771. The van der Waals surface area contributed by atoms with E-state index in [1.54, 1.807) is 0 Å². The molecule has 0 fully saturated rings. The van der Waals surface area contributed by atoms with Gasteiger partial charge >= 0.3 is 0 Å². The SMILES string of the molecule is CCNC(CC(=O)c1ccccc1)c1ccc(C)cc1. The van der Waals surface area contributed by atoms with E-state index in [-0.39, 0.29) is 11.8 Å². The van der Waals surface area contributed by atoms with Crippen molar-refractivity contribution in [1.29, 1.82) is 0 Å². The van der Waals surface area contributed by atoms with Gasteiger partial charge in [-0.3, -0.25) is 4.79 Å². The smallest absolute Gasteiger partial charge is 0.164 e. The minimum absolute atomic E-state index is 0.0771. The second-order valence-electron chi connectivity index (χ2n) is 5.01. The molecule has 2 rings (SSSR count). The third kappa shape index (κ3) is 3.78. The highest BCUT2D eigenvalue weighted by molar-refractivity contribution is 5.96. The average Bonchev–Trinajstić information content (AvgIpc) is 2.48. The predicted octanol–water partition coefficient (Wildman–Crippen LogP) is 3.92. The number of hydrogen-bond acceptors (Lipinski definition) is 2. The van der Waals surface area contributed by atoms with Gasteiger partial charge in [-0.05, 0) is 19.0 Å². The summed E-state index contributed by atoms with van der Waals surface area (Å²) in [4.78, 5) is 12.3. The van der Waals surface area contributed by atoms with Crippen LogP contribution in [0, 0.1) is 6.92 Å². The molecule has 2 aromatic rings. The van der Waals surface area contributed by atoms with Crippen LogP contribution < -0.4 is 5.32 Å². The molecule has 2 heteroatoms. The van der Waals surface area contributed by atoms with Gasteiger partial charge in [0.05, 0.1) is 0 Å². The van der Waals surface area contributed by atoms with Gasteiger partial charge in [0.1, 0.15) is 0 Å². The second-order valence-corrected chi connectivity index (χ2v) is 5.01. The summed E-state index contributed by atoms with van der Waals surface area (Å²) in [6, 6.07) is 17.9. The Morgan fingerprint density at radius 1 is 1.05 bits per heavy atom. The highest BCUT2D eigenvalue weighted by atomic mass is 16.1. The topological polar surface area (TPSA) is 29.1 Å². The molecule has 0 heterocycles. The zero-order chi connectivity index (χ0) is 14.4. The first-order valence-electron chi connectivity index (χ1n) is 7.09. The Bertz CT molecular complexity index is 545. The monoisotopic (exact) mass is 267 g/mol. The lowest BCUT2D eigenvalue weighted by atomic mass is 9.97. The van der Waals surface area contributed by atoms with Crippen molar-refractivity contribution < 1.29 is 4.79 Å². The summed E-state index contributed by atoms with van der Waals surface area (Å²) in [5.74, 6) is 0.178. The van der Waals surface area contributed by atoms with E-state index in [1.165, 1.54) is 11.1 Å². The highest BCUT2D eigenvalue weighted by Gasteiger charge is 2.15. The van der Waals surface area contributed by atoms with E-state index in [2.05, 4.69) is 43.4 Å². The Morgan fingerprint density at radius 2 is 1.70 bits per heavy atom. The fourth-order valence-corrected chi connectivity index (χ4v) is 2.28. The first kappa shape index (κ1) is 14.5.